The van der Waals surface area contributed by atoms with E-state index in [2.05, 4.69) is 26.1 Å². The van der Waals surface area contributed by atoms with Crippen molar-refractivity contribution in [2.24, 2.45) is 11.8 Å². The van der Waals surface area contributed by atoms with Gasteiger partial charge in [0.2, 0.25) is 5.91 Å². The summed E-state index contributed by atoms with van der Waals surface area (Å²) in [5.74, 6) is 0.933. The van der Waals surface area contributed by atoms with Crippen LogP contribution < -0.4 is 5.32 Å². The van der Waals surface area contributed by atoms with E-state index >= 15 is 0 Å². The van der Waals surface area contributed by atoms with E-state index in [1.807, 2.05) is 6.92 Å². The maximum absolute atomic E-state index is 11.4. The Morgan fingerprint density at radius 1 is 1.31 bits per heavy atom. The van der Waals surface area contributed by atoms with Gasteiger partial charge >= 0.3 is 0 Å². The van der Waals surface area contributed by atoms with Crippen molar-refractivity contribution in [2.75, 3.05) is 6.54 Å². The topological polar surface area (TPSA) is 29.1 Å². The van der Waals surface area contributed by atoms with Crippen LogP contribution in [0.2, 0.25) is 0 Å². The van der Waals surface area contributed by atoms with E-state index in [1.54, 1.807) is 0 Å². The average Bonchev–Trinajstić information content (AvgIpc) is 2.10. The largest absolute Gasteiger partial charge is 0.356 e. The van der Waals surface area contributed by atoms with Gasteiger partial charge in [0.1, 0.15) is 0 Å². The highest BCUT2D eigenvalue weighted by molar-refractivity contribution is 5.78. The second-order valence-corrected chi connectivity index (χ2v) is 4.18. The molecule has 0 fully saturated rings. The molecule has 0 aromatic heterocycles. The van der Waals surface area contributed by atoms with E-state index in [0.717, 1.165) is 19.4 Å². The quantitative estimate of drug-likeness (QED) is 0.677. The monoisotopic (exact) mass is 185 g/mol. The Balaban J connectivity index is 3.57. The van der Waals surface area contributed by atoms with Gasteiger partial charge < -0.3 is 5.32 Å². The van der Waals surface area contributed by atoms with E-state index in [-0.39, 0.29) is 11.8 Å². The van der Waals surface area contributed by atoms with Crippen LogP contribution in [0, 0.1) is 11.8 Å². The van der Waals surface area contributed by atoms with Crippen LogP contribution in [-0.4, -0.2) is 12.5 Å². The first-order chi connectivity index (χ1) is 6.07. The summed E-state index contributed by atoms with van der Waals surface area (Å²) in [5.41, 5.74) is 0. The molecule has 1 amide bonds. The molecule has 0 saturated carbocycles. The molecule has 0 aliphatic rings. The molecule has 0 heterocycles. The summed E-state index contributed by atoms with van der Waals surface area (Å²) in [7, 11) is 0. The predicted octanol–water partition coefficient (Wildman–Crippen LogP) is 2.58. The van der Waals surface area contributed by atoms with Gasteiger partial charge in [-0.3, -0.25) is 4.79 Å². The minimum atomic E-state index is 0.179. The zero-order valence-corrected chi connectivity index (χ0v) is 9.39. The third-order valence-electron chi connectivity index (χ3n) is 2.12. The van der Waals surface area contributed by atoms with Gasteiger partial charge in [0.15, 0.2) is 0 Å². The number of carbonyl (C=O) groups is 1. The summed E-state index contributed by atoms with van der Waals surface area (Å²) >= 11 is 0. The summed E-state index contributed by atoms with van der Waals surface area (Å²) in [5, 5.41) is 2.95. The van der Waals surface area contributed by atoms with Crippen molar-refractivity contribution >= 4 is 5.91 Å². The third kappa shape index (κ3) is 6.62. The van der Waals surface area contributed by atoms with Crippen LogP contribution in [0.25, 0.3) is 0 Å². The molecule has 0 rings (SSSR count). The molecule has 0 radical (unpaired) electrons. The van der Waals surface area contributed by atoms with Crippen molar-refractivity contribution in [1.82, 2.24) is 5.32 Å². The second kappa shape index (κ2) is 6.93. The van der Waals surface area contributed by atoms with Crippen LogP contribution in [0.4, 0.5) is 0 Å². The number of amides is 1. The van der Waals surface area contributed by atoms with Crippen LogP contribution in [0.15, 0.2) is 0 Å². The van der Waals surface area contributed by atoms with Crippen LogP contribution in [0.5, 0.6) is 0 Å². The molecule has 0 spiro atoms. The third-order valence-corrected chi connectivity index (χ3v) is 2.12. The summed E-state index contributed by atoms with van der Waals surface area (Å²) in [4.78, 5) is 11.4. The molecule has 2 nitrogen and oxygen atoms in total. The van der Waals surface area contributed by atoms with Crippen LogP contribution in [0.1, 0.15) is 47.0 Å². The molecule has 0 aromatic rings. The normalized spacial score (nSPS) is 13.0. The molecule has 0 aliphatic carbocycles. The Hall–Kier alpha value is -0.530. The molecule has 13 heavy (non-hydrogen) atoms. The molecule has 78 valence electrons. The molecular weight excluding hydrogens is 162 g/mol. The molecule has 0 saturated heterocycles. The van der Waals surface area contributed by atoms with Gasteiger partial charge in [0, 0.05) is 12.5 Å². The van der Waals surface area contributed by atoms with Crippen molar-refractivity contribution in [2.45, 2.75) is 47.0 Å². The first kappa shape index (κ1) is 12.5. The van der Waals surface area contributed by atoms with E-state index in [9.17, 15) is 4.79 Å². The summed E-state index contributed by atoms with van der Waals surface area (Å²) in [6.07, 6.45) is 3.33. The van der Waals surface area contributed by atoms with Gasteiger partial charge in [-0.15, -0.1) is 0 Å². The number of hydrogen-bond acceptors (Lipinski definition) is 1. The van der Waals surface area contributed by atoms with Crippen molar-refractivity contribution in [3.8, 4) is 0 Å². The van der Waals surface area contributed by atoms with Gasteiger partial charge in [0.25, 0.3) is 0 Å². The zero-order valence-electron chi connectivity index (χ0n) is 9.39. The van der Waals surface area contributed by atoms with Crippen molar-refractivity contribution in [3.05, 3.63) is 0 Å². The fourth-order valence-electron chi connectivity index (χ4n) is 1.12. The smallest absolute Gasteiger partial charge is 0.222 e. The Kier molecular flexibility index (Phi) is 6.65. The molecule has 1 atom stereocenters. The fourth-order valence-corrected chi connectivity index (χ4v) is 1.12. The Labute approximate surface area is 82.1 Å². The van der Waals surface area contributed by atoms with Crippen molar-refractivity contribution in [1.29, 1.82) is 0 Å². The molecule has 1 N–H and O–H groups in total. The highest BCUT2D eigenvalue weighted by Gasteiger charge is 2.11. The van der Waals surface area contributed by atoms with Gasteiger partial charge in [-0.1, -0.05) is 40.5 Å². The minimum Gasteiger partial charge on any atom is -0.356 e. The van der Waals surface area contributed by atoms with Crippen molar-refractivity contribution in [3.63, 3.8) is 0 Å². The molecule has 0 bridgehead atoms. The number of carbonyl (C=O) groups excluding carboxylic acids is 1. The summed E-state index contributed by atoms with van der Waals surface area (Å²) in [6, 6.07) is 0. The lowest BCUT2D eigenvalue weighted by Crippen LogP contribution is -2.32. The molecular formula is C11H23NO. The lowest BCUT2D eigenvalue weighted by atomic mass is 10.0. The molecule has 2 heteroatoms. The molecule has 1 unspecified atom stereocenters. The van der Waals surface area contributed by atoms with E-state index < -0.39 is 0 Å². The van der Waals surface area contributed by atoms with E-state index in [0.29, 0.717) is 5.92 Å². The molecule has 0 aliphatic heterocycles. The lowest BCUT2D eigenvalue weighted by molar-refractivity contribution is -0.124. The highest BCUT2D eigenvalue weighted by Crippen LogP contribution is 2.07. The van der Waals surface area contributed by atoms with E-state index in [4.69, 9.17) is 0 Å². The van der Waals surface area contributed by atoms with Gasteiger partial charge in [0.05, 0.1) is 0 Å². The van der Waals surface area contributed by atoms with Crippen LogP contribution >= 0.6 is 0 Å². The maximum atomic E-state index is 11.4. The lowest BCUT2D eigenvalue weighted by Gasteiger charge is -2.12. The standard InChI is InChI=1S/C11H23NO/c1-5-6-7-10(4)11(13)12-8-9(2)3/h9-10H,5-8H2,1-4H3,(H,12,13). The number of hydrogen-bond donors (Lipinski definition) is 1. The summed E-state index contributed by atoms with van der Waals surface area (Å²) < 4.78 is 0. The highest BCUT2D eigenvalue weighted by atomic mass is 16.1. The first-order valence-electron chi connectivity index (χ1n) is 5.35. The fraction of sp³-hybridized carbons (Fsp3) is 0.909. The second-order valence-electron chi connectivity index (χ2n) is 4.18. The number of nitrogens with one attached hydrogen (secondary N) is 1. The maximum Gasteiger partial charge on any atom is 0.222 e. The SMILES string of the molecule is CCCCC(C)C(=O)NCC(C)C. The van der Waals surface area contributed by atoms with Gasteiger partial charge in [-0.25, -0.2) is 0 Å². The zero-order chi connectivity index (χ0) is 10.3. The minimum absolute atomic E-state index is 0.179. The predicted molar refractivity (Wildman–Crippen MR) is 56.5 cm³/mol. The Bertz CT molecular complexity index is 143. The Morgan fingerprint density at radius 2 is 1.92 bits per heavy atom. The Morgan fingerprint density at radius 3 is 2.38 bits per heavy atom. The van der Waals surface area contributed by atoms with Gasteiger partial charge in [-0.2, -0.15) is 0 Å². The van der Waals surface area contributed by atoms with Crippen LogP contribution in [-0.2, 0) is 4.79 Å². The van der Waals surface area contributed by atoms with Gasteiger partial charge in [-0.05, 0) is 12.3 Å². The first-order valence-corrected chi connectivity index (χ1v) is 5.35. The number of unbranched alkanes of at least 4 members (excludes halogenated alkanes) is 1. The van der Waals surface area contributed by atoms with Crippen LogP contribution in [0.3, 0.4) is 0 Å². The average molecular weight is 185 g/mol. The van der Waals surface area contributed by atoms with E-state index in [1.165, 1.54) is 6.42 Å². The summed E-state index contributed by atoms with van der Waals surface area (Å²) in [6.45, 7) is 9.17. The van der Waals surface area contributed by atoms with Crippen molar-refractivity contribution < 1.29 is 4.79 Å². The number of rotatable bonds is 6. The molecule has 0 aromatic carbocycles.